The van der Waals surface area contributed by atoms with Crippen LogP contribution in [0.25, 0.3) is 0 Å². The van der Waals surface area contributed by atoms with Crippen molar-refractivity contribution in [2.75, 3.05) is 33.7 Å². The van der Waals surface area contributed by atoms with E-state index in [2.05, 4.69) is 10.2 Å². The molecule has 2 rings (SSSR count). The van der Waals surface area contributed by atoms with Crippen LogP contribution in [0.3, 0.4) is 0 Å². The molecule has 1 saturated heterocycles. The van der Waals surface area contributed by atoms with Crippen LogP contribution in [0.2, 0.25) is 0 Å². The van der Waals surface area contributed by atoms with Gasteiger partial charge in [0.2, 0.25) is 5.91 Å². The summed E-state index contributed by atoms with van der Waals surface area (Å²) in [4.78, 5) is 13.4. The topological polar surface area (TPSA) is 78.6 Å². The highest BCUT2D eigenvalue weighted by molar-refractivity contribution is 5.92. The molecule has 1 aromatic rings. The third-order valence-electron chi connectivity index (χ3n) is 3.98. The zero-order valence-electron chi connectivity index (χ0n) is 12.1. The molecule has 1 aliphatic heterocycles. The fourth-order valence-corrected chi connectivity index (χ4v) is 2.91. The fraction of sp³-hybridized carbons (Fsp3) is 0.533. The van der Waals surface area contributed by atoms with Gasteiger partial charge in [-0.1, -0.05) is 12.1 Å². The molecule has 1 aromatic carbocycles. The van der Waals surface area contributed by atoms with Crippen molar-refractivity contribution in [2.45, 2.75) is 12.0 Å². The van der Waals surface area contributed by atoms with E-state index >= 15 is 0 Å². The van der Waals surface area contributed by atoms with Crippen molar-refractivity contribution in [1.82, 2.24) is 10.2 Å². The first kappa shape index (κ1) is 15.0. The Kier molecular flexibility index (Phi) is 4.42. The molecule has 5 nitrogen and oxygen atoms in total. The molecule has 2 atom stereocenters. The number of piperidine rings is 1. The third kappa shape index (κ3) is 3.00. The predicted octanol–water partition coefficient (Wildman–Crippen LogP) is 0.144. The Morgan fingerprint density at radius 3 is 2.95 bits per heavy atom. The smallest absolute Gasteiger partial charge is 0.248 e. The van der Waals surface area contributed by atoms with Crippen LogP contribution in [-0.4, -0.2) is 49.6 Å². The fourth-order valence-electron chi connectivity index (χ4n) is 2.91. The molecule has 1 aliphatic rings. The summed E-state index contributed by atoms with van der Waals surface area (Å²) in [7, 11) is 3.99. The SMILES string of the molecule is CN(C)CC1CNCC[C@]1(O)c1cccc(C(N)=O)c1. The van der Waals surface area contributed by atoms with E-state index < -0.39 is 11.5 Å². The summed E-state index contributed by atoms with van der Waals surface area (Å²) in [5, 5.41) is 14.5. The zero-order valence-corrected chi connectivity index (χ0v) is 12.1. The van der Waals surface area contributed by atoms with Crippen molar-refractivity contribution in [3.8, 4) is 0 Å². The number of aliphatic hydroxyl groups is 1. The second-order valence-electron chi connectivity index (χ2n) is 5.78. The minimum atomic E-state index is -0.916. The summed E-state index contributed by atoms with van der Waals surface area (Å²) in [6, 6.07) is 7.05. The van der Waals surface area contributed by atoms with Crippen LogP contribution in [0.4, 0.5) is 0 Å². The first-order chi connectivity index (χ1) is 9.43. The van der Waals surface area contributed by atoms with Gasteiger partial charge in [0.1, 0.15) is 0 Å². The Morgan fingerprint density at radius 2 is 2.30 bits per heavy atom. The number of rotatable bonds is 4. The maximum absolute atomic E-state index is 11.3. The Bertz CT molecular complexity index is 490. The van der Waals surface area contributed by atoms with E-state index in [9.17, 15) is 9.90 Å². The minimum Gasteiger partial charge on any atom is -0.385 e. The van der Waals surface area contributed by atoms with E-state index in [1.54, 1.807) is 18.2 Å². The molecule has 1 unspecified atom stereocenters. The predicted molar refractivity (Wildman–Crippen MR) is 78.4 cm³/mol. The van der Waals surface area contributed by atoms with Gasteiger partial charge in [-0.05, 0) is 44.8 Å². The van der Waals surface area contributed by atoms with Gasteiger partial charge in [-0.3, -0.25) is 4.79 Å². The summed E-state index contributed by atoms with van der Waals surface area (Å²) in [5.41, 5.74) is 5.64. The molecule has 110 valence electrons. The molecule has 20 heavy (non-hydrogen) atoms. The molecule has 1 fully saturated rings. The van der Waals surface area contributed by atoms with Gasteiger partial charge in [-0.25, -0.2) is 0 Å². The molecule has 0 saturated carbocycles. The van der Waals surface area contributed by atoms with Crippen molar-refractivity contribution < 1.29 is 9.90 Å². The number of amides is 1. The first-order valence-electron chi connectivity index (χ1n) is 6.91. The lowest BCUT2D eigenvalue weighted by molar-refractivity contribution is -0.0540. The number of hydrogen-bond acceptors (Lipinski definition) is 4. The molecule has 1 heterocycles. The monoisotopic (exact) mass is 277 g/mol. The van der Waals surface area contributed by atoms with Crippen molar-refractivity contribution in [3.05, 3.63) is 35.4 Å². The standard InChI is InChI=1S/C15H23N3O2/c1-18(2)10-13-9-17-7-6-15(13,20)12-5-3-4-11(8-12)14(16)19/h3-5,8,13,17,20H,6-7,9-10H2,1-2H3,(H2,16,19)/t13?,15-/m0/s1. The van der Waals surface area contributed by atoms with Gasteiger partial charge in [0.15, 0.2) is 0 Å². The maximum atomic E-state index is 11.3. The lowest BCUT2D eigenvalue weighted by Gasteiger charge is -2.42. The molecular weight excluding hydrogens is 254 g/mol. The molecule has 0 aliphatic carbocycles. The van der Waals surface area contributed by atoms with Crippen LogP contribution >= 0.6 is 0 Å². The Morgan fingerprint density at radius 1 is 1.55 bits per heavy atom. The normalized spacial score (nSPS) is 26.7. The highest BCUT2D eigenvalue weighted by Crippen LogP contribution is 2.35. The second kappa shape index (κ2) is 5.91. The molecule has 4 N–H and O–H groups in total. The van der Waals surface area contributed by atoms with Gasteiger partial charge in [0.05, 0.1) is 5.60 Å². The highest BCUT2D eigenvalue weighted by Gasteiger charge is 2.40. The van der Waals surface area contributed by atoms with E-state index in [4.69, 9.17) is 5.73 Å². The van der Waals surface area contributed by atoms with Crippen LogP contribution in [0.1, 0.15) is 22.3 Å². The summed E-state index contributed by atoms with van der Waals surface area (Å²) in [6.45, 7) is 2.31. The second-order valence-corrected chi connectivity index (χ2v) is 5.78. The van der Waals surface area contributed by atoms with Gasteiger partial charge in [-0.15, -0.1) is 0 Å². The van der Waals surface area contributed by atoms with Crippen LogP contribution in [0.15, 0.2) is 24.3 Å². The van der Waals surface area contributed by atoms with Crippen molar-refractivity contribution in [3.63, 3.8) is 0 Å². The van der Waals surface area contributed by atoms with E-state index in [1.165, 1.54) is 0 Å². The maximum Gasteiger partial charge on any atom is 0.248 e. The van der Waals surface area contributed by atoms with Crippen LogP contribution in [-0.2, 0) is 5.60 Å². The molecule has 0 bridgehead atoms. The van der Waals surface area contributed by atoms with Gasteiger partial charge in [-0.2, -0.15) is 0 Å². The molecule has 5 heteroatoms. The van der Waals surface area contributed by atoms with Gasteiger partial charge >= 0.3 is 0 Å². The molecule has 0 spiro atoms. The summed E-state index contributed by atoms with van der Waals surface area (Å²) in [5.74, 6) is -0.386. The minimum absolute atomic E-state index is 0.0781. The third-order valence-corrected chi connectivity index (χ3v) is 3.98. The zero-order chi connectivity index (χ0) is 14.8. The number of nitrogens with one attached hydrogen (secondary N) is 1. The molecule has 1 amide bonds. The Hall–Kier alpha value is -1.43. The van der Waals surface area contributed by atoms with Gasteiger partial charge in [0, 0.05) is 24.6 Å². The van der Waals surface area contributed by atoms with Crippen molar-refractivity contribution >= 4 is 5.91 Å². The number of primary amides is 1. The number of carbonyl (C=O) groups is 1. The lowest BCUT2D eigenvalue weighted by atomic mass is 9.76. The summed E-state index contributed by atoms with van der Waals surface area (Å²) in [6.07, 6.45) is 0.633. The van der Waals surface area contributed by atoms with E-state index in [-0.39, 0.29) is 5.92 Å². The first-order valence-corrected chi connectivity index (χ1v) is 6.91. The summed E-state index contributed by atoms with van der Waals surface area (Å²) < 4.78 is 0. The van der Waals surface area contributed by atoms with Crippen molar-refractivity contribution in [2.24, 2.45) is 11.7 Å². The van der Waals surface area contributed by atoms with Gasteiger partial charge < -0.3 is 21.1 Å². The van der Waals surface area contributed by atoms with Crippen molar-refractivity contribution in [1.29, 1.82) is 0 Å². The average molecular weight is 277 g/mol. The number of benzene rings is 1. The lowest BCUT2D eigenvalue weighted by Crippen LogP contribution is -2.51. The van der Waals surface area contributed by atoms with Gasteiger partial charge in [0.25, 0.3) is 0 Å². The van der Waals surface area contributed by atoms with Crippen LogP contribution < -0.4 is 11.1 Å². The molecule has 0 aromatic heterocycles. The van der Waals surface area contributed by atoms with Crippen LogP contribution in [0, 0.1) is 5.92 Å². The number of carbonyl (C=O) groups excluding carboxylic acids is 1. The number of nitrogens with zero attached hydrogens (tertiary/aromatic N) is 1. The van der Waals surface area contributed by atoms with E-state index in [0.29, 0.717) is 12.0 Å². The highest BCUT2D eigenvalue weighted by atomic mass is 16.3. The largest absolute Gasteiger partial charge is 0.385 e. The molecular formula is C15H23N3O2. The number of hydrogen-bond donors (Lipinski definition) is 3. The Labute approximate surface area is 119 Å². The number of nitrogens with two attached hydrogens (primary N) is 1. The molecule has 0 radical (unpaired) electrons. The summed E-state index contributed by atoms with van der Waals surface area (Å²) >= 11 is 0. The Balaban J connectivity index is 2.34. The van der Waals surface area contributed by atoms with Crippen LogP contribution in [0.5, 0.6) is 0 Å². The van der Waals surface area contributed by atoms with E-state index in [0.717, 1.165) is 25.2 Å². The average Bonchev–Trinajstić information content (AvgIpc) is 2.41. The van der Waals surface area contributed by atoms with E-state index in [1.807, 2.05) is 20.2 Å². The quantitative estimate of drug-likeness (QED) is 0.732.